The van der Waals surface area contributed by atoms with E-state index in [0.29, 0.717) is 5.52 Å². The Balaban J connectivity index is 2.79. The number of carbonyl (C=O) groups is 1. The van der Waals surface area contributed by atoms with Crippen LogP contribution in [0.3, 0.4) is 0 Å². The van der Waals surface area contributed by atoms with Crippen molar-refractivity contribution in [1.82, 2.24) is 14.5 Å². The number of hydrogen-bond acceptors (Lipinski definition) is 3. The average Bonchev–Trinajstić information content (AvgIpc) is 2.46. The van der Waals surface area contributed by atoms with Crippen molar-refractivity contribution < 1.29 is 9.90 Å². The molecular formula is C7H4ClN3O2. The first kappa shape index (κ1) is 8.00. The smallest absolute Gasteiger partial charge is 0.417 e. The van der Waals surface area contributed by atoms with E-state index in [2.05, 4.69) is 9.97 Å². The quantitative estimate of drug-likeness (QED) is 0.697. The van der Waals surface area contributed by atoms with Crippen LogP contribution in [0.15, 0.2) is 18.5 Å². The summed E-state index contributed by atoms with van der Waals surface area (Å²) in [5.74, 6) is 0. The summed E-state index contributed by atoms with van der Waals surface area (Å²) < 4.78 is 0.966. The van der Waals surface area contributed by atoms with E-state index >= 15 is 0 Å². The summed E-state index contributed by atoms with van der Waals surface area (Å²) in [5.41, 5.74) is 0.756. The van der Waals surface area contributed by atoms with Crippen molar-refractivity contribution in [2.75, 3.05) is 0 Å². The van der Waals surface area contributed by atoms with Crippen molar-refractivity contribution in [1.29, 1.82) is 0 Å². The van der Waals surface area contributed by atoms with Crippen LogP contribution in [0.25, 0.3) is 11.2 Å². The Labute approximate surface area is 77.6 Å². The zero-order valence-electron chi connectivity index (χ0n) is 6.31. The van der Waals surface area contributed by atoms with Crippen molar-refractivity contribution >= 4 is 28.9 Å². The highest BCUT2D eigenvalue weighted by atomic mass is 35.5. The fraction of sp³-hybridized carbons (Fsp3) is 0. The minimum atomic E-state index is -1.11. The molecule has 0 aliphatic carbocycles. The van der Waals surface area contributed by atoms with E-state index < -0.39 is 6.09 Å². The monoisotopic (exact) mass is 197 g/mol. The van der Waals surface area contributed by atoms with Crippen LogP contribution in [0.4, 0.5) is 4.79 Å². The van der Waals surface area contributed by atoms with Crippen molar-refractivity contribution in [3.8, 4) is 0 Å². The molecule has 66 valence electrons. The third-order valence-electron chi connectivity index (χ3n) is 1.57. The van der Waals surface area contributed by atoms with Gasteiger partial charge in [0.15, 0.2) is 5.65 Å². The third kappa shape index (κ3) is 1.23. The Morgan fingerprint density at radius 1 is 1.62 bits per heavy atom. The number of rotatable bonds is 0. The van der Waals surface area contributed by atoms with Crippen LogP contribution in [-0.4, -0.2) is 25.7 Å². The lowest BCUT2D eigenvalue weighted by atomic mass is 10.5. The number of hydrogen-bond donors (Lipinski definition) is 1. The van der Waals surface area contributed by atoms with E-state index in [4.69, 9.17) is 16.7 Å². The maximum absolute atomic E-state index is 10.6. The van der Waals surface area contributed by atoms with Crippen LogP contribution in [0, 0.1) is 0 Å². The maximum Gasteiger partial charge on any atom is 0.417 e. The van der Waals surface area contributed by atoms with E-state index in [1.54, 1.807) is 6.07 Å². The highest BCUT2D eigenvalue weighted by Crippen LogP contribution is 2.13. The molecule has 0 saturated carbocycles. The predicted molar refractivity (Wildman–Crippen MR) is 46.0 cm³/mol. The third-order valence-corrected chi connectivity index (χ3v) is 1.75. The second-order valence-corrected chi connectivity index (χ2v) is 2.76. The van der Waals surface area contributed by atoms with Gasteiger partial charge in [-0.1, -0.05) is 11.6 Å². The number of nitrogens with zero attached hydrogens (tertiary/aromatic N) is 3. The van der Waals surface area contributed by atoms with Gasteiger partial charge in [-0.2, -0.15) is 0 Å². The molecule has 0 amide bonds. The lowest BCUT2D eigenvalue weighted by Gasteiger charge is -1.95. The van der Waals surface area contributed by atoms with Crippen molar-refractivity contribution in [2.24, 2.45) is 0 Å². The Morgan fingerprint density at radius 3 is 3.08 bits per heavy atom. The van der Waals surface area contributed by atoms with Gasteiger partial charge in [0, 0.05) is 6.20 Å². The molecular weight excluding hydrogens is 194 g/mol. The van der Waals surface area contributed by atoms with Gasteiger partial charge in [0.05, 0.1) is 6.20 Å². The highest BCUT2D eigenvalue weighted by Gasteiger charge is 2.08. The topological polar surface area (TPSA) is 68.0 Å². The molecule has 5 nitrogen and oxygen atoms in total. The van der Waals surface area contributed by atoms with Gasteiger partial charge in [0.2, 0.25) is 0 Å². The molecule has 6 heteroatoms. The Kier molecular flexibility index (Phi) is 1.66. The SMILES string of the molecule is O=C(O)n1ccc2ncc(Cl)nc21. The molecule has 0 fully saturated rings. The minimum Gasteiger partial charge on any atom is -0.464 e. The largest absolute Gasteiger partial charge is 0.464 e. The summed E-state index contributed by atoms with van der Waals surface area (Å²) in [4.78, 5) is 18.4. The summed E-state index contributed by atoms with van der Waals surface area (Å²) in [6.45, 7) is 0. The van der Waals surface area contributed by atoms with Gasteiger partial charge in [0.1, 0.15) is 10.7 Å². The van der Waals surface area contributed by atoms with Crippen molar-refractivity contribution in [2.45, 2.75) is 0 Å². The Bertz CT molecular complexity index is 480. The molecule has 0 bridgehead atoms. The number of carboxylic acid groups (broad SMARTS) is 1. The van der Waals surface area contributed by atoms with Crippen LogP contribution in [-0.2, 0) is 0 Å². The molecule has 0 spiro atoms. The van der Waals surface area contributed by atoms with Crippen LogP contribution in [0.2, 0.25) is 5.15 Å². The Morgan fingerprint density at radius 2 is 2.38 bits per heavy atom. The normalized spacial score (nSPS) is 10.5. The standard InChI is InChI=1S/C7H4ClN3O2/c8-5-3-9-4-1-2-11(7(12)13)6(4)10-5/h1-3H,(H,12,13). The van der Waals surface area contributed by atoms with Crippen LogP contribution < -0.4 is 0 Å². The molecule has 0 aliphatic heterocycles. The first-order valence-electron chi connectivity index (χ1n) is 3.41. The first-order valence-corrected chi connectivity index (χ1v) is 3.79. The molecule has 2 heterocycles. The van der Waals surface area contributed by atoms with E-state index in [-0.39, 0.29) is 10.8 Å². The van der Waals surface area contributed by atoms with E-state index in [1.165, 1.54) is 12.4 Å². The summed E-state index contributed by atoms with van der Waals surface area (Å²) in [6.07, 6.45) is 1.64. The maximum atomic E-state index is 10.6. The number of halogens is 1. The van der Waals surface area contributed by atoms with Gasteiger partial charge in [0.25, 0.3) is 0 Å². The lowest BCUT2D eigenvalue weighted by molar-refractivity contribution is 0.197. The van der Waals surface area contributed by atoms with E-state index in [9.17, 15) is 4.79 Å². The summed E-state index contributed by atoms with van der Waals surface area (Å²) in [5, 5.41) is 8.89. The summed E-state index contributed by atoms with van der Waals surface area (Å²) in [7, 11) is 0. The van der Waals surface area contributed by atoms with Crippen LogP contribution in [0.1, 0.15) is 0 Å². The second-order valence-electron chi connectivity index (χ2n) is 2.37. The number of aromatic nitrogens is 3. The fourth-order valence-corrected chi connectivity index (χ4v) is 1.16. The highest BCUT2D eigenvalue weighted by molar-refractivity contribution is 6.29. The minimum absolute atomic E-state index is 0.175. The molecule has 2 aromatic heterocycles. The molecule has 13 heavy (non-hydrogen) atoms. The molecule has 1 N–H and O–H groups in total. The van der Waals surface area contributed by atoms with Gasteiger partial charge in [-0.05, 0) is 6.07 Å². The van der Waals surface area contributed by atoms with Gasteiger partial charge >= 0.3 is 6.09 Å². The first-order chi connectivity index (χ1) is 6.18. The Hall–Kier alpha value is -1.62. The lowest BCUT2D eigenvalue weighted by Crippen LogP contribution is -2.06. The molecule has 0 atom stereocenters. The molecule has 2 rings (SSSR count). The van der Waals surface area contributed by atoms with Crippen LogP contribution in [0.5, 0.6) is 0 Å². The predicted octanol–water partition coefficient (Wildman–Crippen LogP) is 1.61. The molecule has 0 aromatic carbocycles. The number of fused-ring (bicyclic) bond motifs is 1. The molecule has 0 saturated heterocycles. The van der Waals surface area contributed by atoms with Crippen molar-refractivity contribution in [3.63, 3.8) is 0 Å². The zero-order valence-corrected chi connectivity index (χ0v) is 7.06. The fourth-order valence-electron chi connectivity index (χ4n) is 1.03. The zero-order chi connectivity index (χ0) is 9.42. The molecule has 0 radical (unpaired) electrons. The van der Waals surface area contributed by atoms with Crippen LogP contribution >= 0.6 is 11.6 Å². The summed E-state index contributed by atoms with van der Waals surface area (Å²) in [6, 6.07) is 1.56. The average molecular weight is 198 g/mol. The van der Waals surface area contributed by atoms with Gasteiger partial charge in [-0.25, -0.2) is 19.3 Å². The van der Waals surface area contributed by atoms with Gasteiger partial charge in [-0.15, -0.1) is 0 Å². The molecule has 2 aromatic rings. The molecule has 0 unspecified atom stereocenters. The van der Waals surface area contributed by atoms with Crippen molar-refractivity contribution in [3.05, 3.63) is 23.6 Å². The van der Waals surface area contributed by atoms with Gasteiger partial charge in [-0.3, -0.25) is 0 Å². The van der Waals surface area contributed by atoms with E-state index in [0.717, 1.165) is 4.57 Å². The summed E-state index contributed by atoms with van der Waals surface area (Å²) >= 11 is 5.57. The van der Waals surface area contributed by atoms with Gasteiger partial charge < -0.3 is 5.11 Å². The second kappa shape index (κ2) is 2.70. The van der Waals surface area contributed by atoms with E-state index in [1.807, 2.05) is 0 Å². The molecule has 0 aliphatic rings.